The highest BCUT2D eigenvalue weighted by atomic mass is 35.5. The van der Waals surface area contributed by atoms with Crippen molar-refractivity contribution in [2.45, 2.75) is 26.3 Å². The molecule has 6 heteroatoms. The van der Waals surface area contributed by atoms with Crippen LogP contribution >= 0.6 is 23.2 Å². The molecule has 1 aromatic carbocycles. The molecular formula is C16H18Cl2N2O2. The molecule has 0 heterocycles. The summed E-state index contributed by atoms with van der Waals surface area (Å²) in [6, 6.07) is 3.89. The average Bonchev–Trinajstić information content (AvgIpc) is 2.43. The van der Waals surface area contributed by atoms with Gasteiger partial charge in [-0.2, -0.15) is 0 Å². The number of carbonyl (C=O) groups is 2. The van der Waals surface area contributed by atoms with E-state index in [2.05, 4.69) is 16.6 Å². The van der Waals surface area contributed by atoms with Crippen LogP contribution in [0.15, 0.2) is 18.2 Å². The third kappa shape index (κ3) is 5.59. The normalized spacial score (nSPS) is 11.6. The molecule has 0 fully saturated rings. The van der Waals surface area contributed by atoms with E-state index in [4.69, 9.17) is 29.6 Å². The van der Waals surface area contributed by atoms with Crippen LogP contribution in [0.5, 0.6) is 0 Å². The lowest BCUT2D eigenvalue weighted by Gasteiger charge is -2.20. The molecule has 0 saturated carbocycles. The smallest absolute Gasteiger partial charge is 0.253 e. The van der Waals surface area contributed by atoms with Gasteiger partial charge < -0.3 is 10.6 Å². The molecule has 2 N–H and O–H groups in total. The standard InChI is InChI=1S/C16H18Cl2N2O2/c1-4-7-19-16(22)14(8-10(2)3)20-15(21)12-6-5-11(17)9-13(12)18/h1,5-6,9-10,14H,7-8H2,2-3H3,(H,19,22)(H,20,21)/t14-/m0/s1. The number of rotatable bonds is 6. The number of benzene rings is 1. The van der Waals surface area contributed by atoms with Crippen LogP contribution in [-0.2, 0) is 4.79 Å². The highest BCUT2D eigenvalue weighted by Crippen LogP contribution is 2.21. The Morgan fingerprint density at radius 1 is 1.32 bits per heavy atom. The summed E-state index contributed by atoms with van der Waals surface area (Å²) < 4.78 is 0. The van der Waals surface area contributed by atoms with E-state index in [1.807, 2.05) is 13.8 Å². The van der Waals surface area contributed by atoms with Crippen LogP contribution in [0.25, 0.3) is 0 Å². The van der Waals surface area contributed by atoms with Crippen molar-refractivity contribution in [1.82, 2.24) is 10.6 Å². The molecule has 1 rings (SSSR count). The second-order valence-corrected chi connectivity index (χ2v) is 6.05. The van der Waals surface area contributed by atoms with Crippen molar-refractivity contribution >= 4 is 35.0 Å². The largest absolute Gasteiger partial charge is 0.343 e. The van der Waals surface area contributed by atoms with Gasteiger partial charge in [-0.15, -0.1) is 6.42 Å². The first-order chi connectivity index (χ1) is 10.3. The Morgan fingerprint density at radius 3 is 2.55 bits per heavy atom. The Bertz CT molecular complexity index is 594. The molecule has 0 unspecified atom stereocenters. The zero-order valence-electron chi connectivity index (χ0n) is 12.5. The molecule has 0 aliphatic heterocycles. The van der Waals surface area contributed by atoms with Gasteiger partial charge in [-0.05, 0) is 30.5 Å². The molecule has 0 aliphatic carbocycles. The fraction of sp³-hybridized carbons (Fsp3) is 0.375. The number of amides is 2. The monoisotopic (exact) mass is 340 g/mol. The number of nitrogens with one attached hydrogen (secondary N) is 2. The maximum absolute atomic E-state index is 12.3. The first kappa shape index (κ1) is 18.3. The van der Waals surface area contributed by atoms with Crippen LogP contribution in [0.3, 0.4) is 0 Å². The van der Waals surface area contributed by atoms with Crippen LogP contribution < -0.4 is 10.6 Å². The fourth-order valence-electron chi connectivity index (χ4n) is 1.87. The maximum Gasteiger partial charge on any atom is 0.253 e. The Hall–Kier alpha value is -1.70. The predicted octanol–water partition coefficient (Wildman–Crippen LogP) is 2.89. The van der Waals surface area contributed by atoms with Gasteiger partial charge in [-0.1, -0.05) is 43.0 Å². The van der Waals surface area contributed by atoms with E-state index in [1.165, 1.54) is 12.1 Å². The summed E-state index contributed by atoms with van der Waals surface area (Å²) >= 11 is 11.8. The third-order valence-corrected chi connectivity index (χ3v) is 3.42. The molecule has 4 nitrogen and oxygen atoms in total. The fourth-order valence-corrected chi connectivity index (χ4v) is 2.37. The minimum absolute atomic E-state index is 0.116. The van der Waals surface area contributed by atoms with Crippen molar-refractivity contribution in [3.63, 3.8) is 0 Å². The lowest BCUT2D eigenvalue weighted by molar-refractivity contribution is -0.123. The van der Waals surface area contributed by atoms with Gasteiger partial charge in [-0.3, -0.25) is 9.59 Å². The molecule has 1 atom stereocenters. The van der Waals surface area contributed by atoms with Crippen LogP contribution in [0.4, 0.5) is 0 Å². The van der Waals surface area contributed by atoms with Crippen LogP contribution in [0.1, 0.15) is 30.6 Å². The summed E-state index contributed by atoms with van der Waals surface area (Å²) in [5, 5.41) is 5.93. The zero-order chi connectivity index (χ0) is 16.7. The van der Waals surface area contributed by atoms with E-state index in [0.29, 0.717) is 11.4 Å². The minimum Gasteiger partial charge on any atom is -0.343 e. The number of hydrogen-bond acceptors (Lipinski definition) is 2. The summed E-state index contributed by atoms with van der Waals surface area (Å²) in [5.41, 5.74) is 0.268. The number of terminal acetylenes is 1. The van der Waals surface area contributed by atoms with Crippen LogP contribution in [0.2, 0.25) is 10.0 Å². The van der Waals surface area contributed by atoms with E-state index in [-0.39, 0.29) is 29.0 Å². The maximum atomic E-state index is 12.3. The average molecular weight is 341 g/mol. The number of halogens is 2. The number of hydrogen-bond donors (Lipinski definition) is 2. The minimum atomic E-state index is -0.674. The highest BCUT2D eigenvalue weighted by molar-refractivity contribution is 6.36. The van der Waals surface area contributed by atoms with Gasteiger partial charge in [0.1, 0.15) is 6.04 Å². The Balaban J connectivity index is 2.86. The molecule has 0 bridgehead atoms. The van der Waals surface area contributed by atoms with E-state index < -0.39 is 11.9 Å². The van der Waals surface area contributed by atoms with E-state index in [0.717, 1.165) is 0 Å². The van der Waals surface area contributed by atoms with Crippen LogP contribution in [-0.4, -0.2) is 24.4 Å². The zero-order valence-corrected chi connectivity index (χ0v) is 14.0. The van der Waals surface area contributed by atoms with E-state index in [1.54, 1.807) is 6.07 Å². The predicted molar refractivity (Wildman–Crippen MR) is 89.0 cm³/mol. The quantitative estimate of drug-likeness (QED) is 0.782. The van der Waals surface area contributed by atoms with Crippen molar-refractivity contribution in [3.8, 4) is 12.3 Å². The second kappa shape index (κ2) is 8.67. The van der Waals surface area contributed by atoms with Crippen molar-refractivity contribution in [2.75, 3.05) is 6.54 Å². The van der Waals surface area contributed by atoms with E-state index >= 15 is 0 Å². The molecule has 1 aromatic rings. The van der Waals surface area contributed by atoms with Crippen molar-refractivity contribution in [2.24, 2.45) is 5.92 Å². The van der Waals surface area contributed by atoms with Gasteiger partial charge >= 0.3 is 0 Å². The van der Waals surface area contributed by atoms with Gasteiger partial charge in [0.15, 0.2) is 0 Å². The summed E-state index contributed by atoms with van der Waals surface area (Å²) in [5.74, 6) is 1.81. The molecule has 0 saturated heterocycles. The molecule has 2 amide bonds. The Labute approximate surface area is 140 Å². The summed E-state index contributed by atoms with van der Waals surface area (Å²) in [7, 11) is 0. The van der Waals surface area contributed by atoms with Crippen molar-refractivity contribution in [1.29, 1.82) is 0 Å². The van der Waals surface area contributed by atoms with Crippen molar-refractivity contribution in [3.05, 3.63) is 33.8 Å². The lowest BCUT2D eigenvalue weighted by Crippen LogP contribution is -2.47. The molecule has 0 aromatic heterocycles. The Morgan fingerprint density at radius 2 is 2.00 bits per heavy atom. The summed E-state index contributed by atoms with van der Waals surface area (Å²) in [6.45, 7) is 4.04. The first-order valence-corrected chi connectivity index (χ1v) is 7.57. The first-order valence-electron chi connectivity index (χ1n) is 6.82. The van der Waals surface area contributed by atoms with Gasteiger partial charge in [-0.25, -0.2) is 0 Å². The van der Waals surface area contributed by atoms with Gasteiger partial charge in [0, 0.05) is 5.02 Å². The molecule has 0 radical (unpaired) electrons. The van der Waals surface area contributed by atoms with Crippen molar-refractivity contribution < 1.29 is 9.59 Å². The number of carbonyl (C=O) groups excluding carboxylic acids is 2. The topological polar surface area (TPSA) is 58.2 Å². The van der Waals surface area contributed by atoms with E-state index in [9.17, 15) is 9.59 Å². The molecule has 22 heavy (non-hydrogen) atoms. The van der Waals surface area contributed by atoms with Gasteiger partial charge in [0.05, 0.1) is 17.1 Å². The second-order valence-electron chi connectivity index (χ2n) is 5.20. The summed E-state index contributed by atoms with van der Waals surface area (Å²) in [6.07, 6.45) is 5.62. The summed E-state index contributed by atoms with van der Waals surface area (Å²) in [4.78, 5) is 24.4. The molecule has 0 spiro atoms. The highest BCUT2D eigenvalue weighted by Gasteiger charge is 2.23. The Kier molecular flexibility index (Phi) is 7.23. The van der Waals surface area contributed by atoms with Crippen LogP contribution in [0, 0.1) is 18.3 Å². The molecular weight excluding hydrogens is 323 g/mol. The molecule has 0 aliphatic rings. The molecule has 118 valence electrons. The third-order valence-electron chi connectivity index (χ3n) is 2.87. The SMILES string of the molecule is C#CCNC(=O)[C@H](CC(C)C)NC(=O)c1ccc(Cl)cc1Cl. The lowest BCUT2D eigenvalue weighted by atomic mass is 10.0. The van der Waals surface area contributed by atoms with Gasteiger partial charge in [0.2, 0.25) is 5.91 Å². The van der Waals surface area contributed by atoms with Gasteiger partial charge in [0.25, 0.3) is 5.91 Å².